The molecule has 27 heavy (non-hydrogen) atoms. The first-order valence-electron chi connectivity index (χ1n) is 8.23. The van der Waals surface area contributed by atoms with E-state index in [9.17, 15) is 13.2 Å². The highest BCUT2D eigenvalue weighted by Crippen LogP contribution is 2.37. The van der Waals surface area contributed by atoms with E-state index in [2.05, 4.69) is 4.72 Å². The molecular weight excluding hydrogens is 386 g/mol. The van der Waals surface area contributed by atoms with Crippen LogP contribution in [0.5, 0.6) is 5.75 Å². The van der Waals surface area contributed by atoms with E-state index in [1.807, 2.05) is 13.0 Å². The van der Waals surface area contributed by atoms with Crippen molar-refractivity contribution >= 4 is 43.1 Å². The van der Waals surface area contributed by atoms with Gasteiger partial charge in [0.1, 0.15) is 15.5 Å². The lowest BCUT2D eigenvalue weighted by Crippen LogP contribution is -2.17. The highest BCUT2D eigenvalue weighted by molar-refractivity contribution is 7.93. The van der Waals surface area contributed by atoms with Gasteiger partial charge in [0.05, 0.1) is 19.4 Å². The van der Waals surface area contributed by atoms with Gasteiger partial charge >= 0.3 is 5.97 Å². The summed E-state index contributed by atoms with van der Waals surface area (Å²) in [6.07, 6.45) is 0. The zero-order valence-electron chi connectivity index (χ0n) is 15.1. The van der Waals surface area contributed by atoms with Crippen LogP contribution in [-0.2, 0) is 14.8 Å². The van der Waals surface area contributed by atoms with Crippen LogP contribution in [0.4, 0.5) is 5.69 Å². The van der Waals surface area contributed by atoms with Gasteiger partial charge in [0.2, 0.25) is 0 Å². The van der Waals surface area contributed by atoms with Gasteiger partial charge in [-0.2, -0.15) is 0 Å². The molecule has 0 unspecified atom stereocenters. The molecule has 0 saturated carbocycles. The Kier molecular flexibility index (Phi) is 5.38. The van der Waals surface area contributed by atoms with Crippen LogP contribution in [0.25, 0.3) is 10.1 Å². The molecule has 0 atom stereocenters. The molecule has 0 aliphatic carbocycles. The Hall–Kier alpha value is -2.58. The molecule has 1 heterocycles. The summed E-state index contributed by atoms with van der Waals surface area (Å²) in [4.78, 5) is 12.4. The number of fused-ring (bicyclic) bond motifs is 1. The van der Waals surface area contributed by atoms with Crippen molar-refractivity contribution in [2.45, 2.75) is 18.7 Å². The Morgan fingerprint density at radius 2 is 1.93 bits per heavy atom. The molecule has 0 saturated heterocycles. The predicted molar refractivity (Wildman–Crippen MR) is 106 cm³/mol. The molecule has 8 heteroatoms. The standard InChI is InChI=1S/C19H19NO5S2/c1-4-25-19(21)17-18(13-7-5-6-8-16(13)26-17)27(22,23)20-14-11-12(2)9-10-15(14)24-3/h5-11,20H,4H2,1-3H3. The van der Waals surface area contributed by atoms with Crippen LogP contribution in [0.15, 0.2) is 47.4 Å². The molecular formula is C19H19NO5S2. The fourth-order valence-corrected chi connectivity index (χ4v) is 5.57. The third kappa shape index (κ3) is 3.77. The van der Waals surface area contributed by atoms with Crippen LogP contribution < -0.4 is 9.46 Å². The van der Waals surface area contributed by atoms with Gasteiger partial charge in [-0.3, -0.25) is 4.72 Å². The summed E-state index contributed by atoms with van der Waals surface area (Å²) >= 11 is 1.10. The van der Waals surface area contributed by atoms with Crippen LogP contribution in [0.3, 0.4) is 0 Å². The first kappa shape index (κ1) is 19.2. The minimum absolute atomic E-state index is 0.0529. The first-order chi connectivity index (χ1) is 12.9. The summed E-state index contributed by atoms with van der Waals surface area (Å²) in [6.45, 7) is 3.68. The summed E-state index contributed by atoms with van der Waals surface area (Å²) in [7, 11) is -2.60. The fraction of sp³-hybridized carbons (Fsp3) is 0.211. The third-order valence-electron chi connectivity index (χ3n) is 3.88. The maximum Gasteiger partial charge on any atom is 0.349 e. The second kappa shape index (κ2) is 7.58. The summed E-state index contributed by atoms with van der Waals surface area (Å²) in [6, 6.07) is 12.2. The molecule has 3 rings (SSSR count). The molecule has 1 aromatic heterocycles. The lowest BCUT2D eigenvalue weighted by atomic mass is 10.2. The highest BCUT2D eigenvalue weighted by Gasteiger charge is 2.29. The molecule has 0 aliphatic rings. The number of ether oxygens (including phenoxy) is 2. The quantitative estimate of drug-likeness (QED) is 0.622. The van der Waals surface area contributed by atoms with Crippen molar-refractivity contribution in [3.05, 3.63) is 52.9 Å². The number of aryl methyl sites for hydroxylation is 1. The zero-order chi connectivity index (χ0) is 19.6. The topological polar surface area (TPSA) is 81.7 Å². The molecule has 0 fully saturated rings. The Bertz CT molecular complexity index is 1100. The van der Waals surface area contributed by atoms with Crippen molar-refractivity contribution in [1.29, 1.82) is 0 Å². The van der Waals surface area contributed by atoms with E-state index in [4.69, 9.17) is 9.47 Å². The molecule has 1 N–H and O–H groups in total. The second-order valence-electron chi connectivity index (χ2n) is 5.79. The van der Waals surface area contributed by atoms with Gasteiger partial charge < -0.3 is 9.47 Å². The van der Waals surface area contributed by atoms with Crippen molar-refractivity contribution in [2.75, 3.05) is 18.4 Å². The molecule has 0 aliphatic heterocycles. The first-order valence-corrected chi connectivity index (χ1v) is 10.5. The molecule has 6 nitrogen and oxygen atoms in total. The number of thiophene rings is 1. The monoisotopic (exact) mass is 405 g/mol. The van der Waals surface area contributed by atoms with E-state index in [0.717, 1.165) is 16.9 Å². The average molecular weight is 405 g/mol. The van der Waals surface area contributed by atoms with Crippen LogP contribution in [0.1, 0.15) is 22.2 Å². The summed E-state index contributed by atoms with van der Waals surface area (Å²) < 4.78 is 40.0. The lowest BCUT2D eigenvalue weighted by Gasteiger charge is -2.13. The largest absolute Gasteiger partial charge is 0.495 e. The van der Waals surface area contributed by atoms with Gasteiger partial charge in [-0.15, -0.1) is 11.3 Å². The van der Waals surface area contributed by atoms with Crippen molar-refractivity contribution in [1.82, 2.24) is 0 Å². The second-order valence-corrected chi connectivity index (χ2v) is 8.46. The van der Waals surface area contributed by atoms with Crippen LogP contribution in [0, 0.1) is 6.92 Å². The van der Waals surface area contributed by atoms with Gasteiger partial charge in [-0.05, 0) is 37.6 Å². The van der Waals surface area contributed by atoms with Gasteiger partial charge in [0.15, 0.2) is 0 Å². The minimum atomic E-state index is -4.06. The van der Waals surface area contributed by atoms with E-state index < -0.39 is 16.0 Å². The molecule has 142 valence electrons. The van der Waals surface area contributed by atoms with Crippen LogP contribution in [0.2, 0.25) is 0 Å². The number of hydrogen-bond acceptors (Lipinski definition) is 6. The van der Waals surface area contributed by atoms with E-state index in [-0.39, 0.29) is 16.4 Å². The summed E-state index contributed by atoms with van der Waals surface area (Å²) in [5.41, 5.74) is 1.18. The number of esters is 1. The van der Waals surface area contributed by atoms with Gasteiger partial charge in [-0.25, -0.2) is 13.2 Å². The zero-order valence-corrected chi connectivity index (χ0v) is 16.7. The number of anilines is 1. The number of rotatable bonds is 6. The number of methoxy groups -OCH3 is 1. The van der Waals surface area contributed by atoms with Crippen LogP contribution >= 0.6 is 11.3 Å². The highest BCUT2D eigenvalue weighted by atomic mass is 32.2. The Morgan fingerprint density at radius 1 is 1.19 bits per heavy atom. The SMILES string of the molecule is CCOC(=O)c1sc2ccccc2c1S(=O)(=O)Nc1cc(C)ccc1OC. The number of hydrogen-bond donors (Lipinski definition) is 1. The summed E-state index contributed by atoms with van der Waals surface area (Å²) in [5, 5.41) is 0.477. The third-order valence-corrected chi connectivity index (χ3v) is 6.61. The van der Waals surface area contributed by atoms with E-state index in [1.54, 1.807) is 43.3 Å². The number of carbonyl (C=O) groups is 1. The molecule has 0 amide bonds. The normalized spacial score (nSPS) is 11.4. The molecule has 2 aromatic carbocycles. The van der Waals surface area contributed by atoms with Crippen LogP contribution in [-0.4, -0.2) is 28.1 Å². The van der Waals surface area contributed by atoms with Gasteiger partial charge in [0, 0.05) is 10.1 Å². The molecule has 0 radical (unpaired) electrons. The summed E-state index contributed by atoms with van der Waals surface area (Å²) in [5.74, 6) is -0.267. The number of carbonyl (C=O) groups excluding carboxylic acids is 1. The number of benzene rings is 2. The van der Waals surface area contributed by atoms with Gasteiger partial charge in [-0.1, -0.05) is 24.3 Å². The van der Waals surface area contributed by atoms with Crippen molar-refractivity contribution in [2.24, 2.45) is 0 Å². The Labute approximate surface area is 161 Å². The van der Waals surface area contributed by atoms with Crippen molar-refractivity contribution < 1.29 is 22.7 Å². The molecule has 3 aromatic rings. The maximum absolute atomic E-state index is 13.2. The fourth-order valence-electron chi connectivity index (χ4n) is 2.72. The minimum Gasteiger partial charge on any atom is -0.495 e. The van der Waals surface area contributed by atoms with E-state index >= 15 is 0 Å². The molecule has 0 bridgehead atoms. The van der Waals surface area contributed by atoms with Crippen molar-refractivity contribution in [3.63, 3.8) is 0 Å². The number of nitrogens with one attached hydrogen (secondary N) is 1. The Morgan fingerprint density at radius 3 is 2.63 bits per heavy atom. The van der Waals surface area contributed by atoms with Crippen molar-refractivity contribution in [3.8, 4) is 5.75 Å². The smallest absolute Gasteiger partial charge is 0.349 e. The predicted octanol–water partition coefficient (Wildman–Crippen LogP) is 4.20. The lowest BCUT2D eigenvalue weighted by molar-refractivity contribution is 0.0528. The van der Waals surface area contributed by atoms with Gasteiger partial charge in [0.25, 0.3) is 10.0 Å². The van der Waals surface area contributed by atoms with E-state index in [0.29, 0.717) is 21.5 Å². The maximum atomic E-state index is 13.2. The Balaban J connectivity index is 2.17. The average Bonchev–Trinajstić information content (AvgIpc) is 3.02. The molecule has 0 spiro atoms. The number of sulfonamides is 1. The van der Waals surface area contributed by atoms with E-state index in [1.165, 1.54) is 7.11 Å².